The zero-order valence-corrected chi connectivity index (χ0v) is 20.9. The molecule has 1 aromatic heterocycles. The van der Waals surface area contributed by atoms with Crippen molar-refractivity contribution in [2.75, 3.05) is 40.0 Å². The highest BCUT2D eigenvalue weighted by molar-refractivity contribution is 14.0. The van der Waals surface area contributed by atoms with E-state index in [2.05, 4.69) is 33.6 Å². The van der Waals surface area contributed by atoms with Crippen molar-refractivity contribution in [3.63, 3.8) is 0 Å². The molecular formula is C22H34IN5O3. The molecule has 9 heteroatoms. The van der Waals surface area contributed by atoms with Crippen LogP contribution in [0.25, 0.3) is 0 Å². The first-order valence-electron chi connectivity index (χ1n) is 10.6. The smallest absolute Gasteiger partial charge is 0.194 e. The van der Waals surface area contributed by atoms with Gasteiger partial charge in [-0.3, -0.25) is 0 Å². The van der Waals surface area contributed by atoms with Crippen LogP contribution in [0.15, 0.2) is 41.9 Å². The van der Waals surface area contributed by atoms with Crippen LogP contribution in [0.3, 0.4) is 0 Å². The molecule has 0 saturated carbocycles. The number of nitrogens with one attached hydrogen (secondary N) is 1. The number of aromatic nitrogens is 2. The average molecular weight is 543 g/mol. The molecule has 0 amide bonds. The fraction of sp³-hybridized carbons (Fsp3) is 0.545. The Labute approximate surface area is 201 Å². The minimum Gasteiger partial charge on any atom is -0.493 e. The summed E-state index contributed by atoms with van der Waals surface area (Å²) in [6, 6.07) is 6.17. The van der Waals surface area contributed by atoms with E-state index >= 15 is 0 Å². The highest BCUT2D eigenvalue weighted by Gasteiger charge is 2.28. The molecule has 8 nitrogen and oxygen atoms in total. The van der Waals surface area contributed by atoms with Crippen LogP contribution in [-0.4, -0.2) is 65.5 Å². The summed E-state index contributed by atoms with van der Waals surface area (Å²) in [5, 5.41) is 12.4. The quantitative estimate of drug-likeness (QED) is 0.303. The zero-order chi connectivity index (χ0) is 21.3. The second kappa shape index (κ2) is 12.7. The molecule has 2 N–H and O–H groups in total. The monoisotopic (exact) mass is 543 g/mol. The minimum absolute atomic E-state index is 0. The van der Waals surface area contributed by atoms with E-state index < -0.39 is 0 Å². The standard InChI is InChI=1S/C22H33N5O3.HI/c1-4-24-22(26-9-7-17(2)19(15-26)27-10-8-23-16-27)25-14-18-5-6-20(30-12-11-28)21(13-18)29-3;/h5-6,8,10,13,16-17,19,28H,4,7,9,11-12,14-15H2,1-3H3,(H,24,25);1H. The average Bonchev–Trinajstić information content (AvgIpc) is 3.30. The van der Waals surface area contributed by atoms with Gasteiger partial charge in [-0.15, -0.1) is 24.0 Å². The summed E-state index contributed by atoms with van der Waals surface area (Å²) in [6.07, 6.45) is 6.90. The Morgan fingerprint density at radius 3 is 2.87 bits per heavy atom. The number of rotatable bonds is 8. The Morgan fingerprint density at radius 1 is 1.35 bits per heavy atom. The summed E-state index contributed by atoms with van der Waals surface area (Å²) in [6.45, 7) is 7.85. The maximum Gasteiger partial charge on any atom is 0.194 e. The van der Waals surface area contributed by atoms with Gasteiger partial charge < -0.3 is 29.4 Å². The Morgan fingerprint density at radius 2 is 2.19 bits per heavy atom. The Bertz CT molecular complexity index is 815. The normalized spacial score (nSPS) is 19.0. The van der Waals surface area contributed by atoms with Gasteiger partial charge in [0.1, 0.15) is 6.61 Å². The Hall–Kier alpha value is -2.01. The van der Waals surface area contributed by atoms with Crippen LogP contribution in [-0.2, 0) is 6.54 Å². The number of guanidine groups is 1. The predicted molar refractivity (Wildman–Crippen MR) is 132 cm³/mol. The van der Waals surface area contributed by atoms with Crippen LogP contribution in [0.2, 0.25) is 0 Å². The third-order valence-corrected chi connectivity index (χ3v) is 5.45. The Kier molecular flexibility index (Phi) is 10.4. The molecule has 2 heterocycles. The first-order chi connectivity index (χ1) is 14.7. The number of piperidine rings is 1. The van der Waals surface area contributed by atoms with Gasteiger partial charge in [0.15, 0.2) is 17.5 Å². The van der Waals surface area contributed by atoms with Crippen molar-refractivity contribution in [2.24, 2.45) is 10.9 Å². The number of imidazole rings is 1. The van der Waals surface area contributed by atoms with E-state index in [1.165, 1.54) is 0 Å². The number of aliphatic imine (C=N–C) groups is 1. The minimum atomic E-state index is -0.0320. The number of ether oxygens (including phenoxy) is 2. The number of hydrogen-bond donors (Lipinski definition) is 2. The van der Waals surface area contributed by atoms with Crippen molar-refractivity contribution >= 4 is 29.9 Å². The van der Waals surface area contributed by atoms with E-state index in [1.54, 1.807) is 7.11 Å². The summed E-state index contributed by atoms with van der Waals surface area (Å²) in [5.41, 5.74) is 1.04. The van der Waals surface area contributed by atoms with Crippen LogP contribution in [0.4, 0.5) is 0 Å². The molecule has 0 spiro atoms. The van der Waals surface area contributed by atoms with Crippen LogP contribution in [0.5, 0.6) is 11.5 Å². The van der Waals surface area contributed by atoms with Crippen molar-refractivity contribution < 1.29 is 14.6 Å². The van der Waals surface area contributed by atoms with E-state index in [0.29, 0.717) is 30.0 Å². The second-order valence-corrected chi connectivity index (χ2v) is 7.52. The van der Waals surface area contributed by atoms with E-state index in [1.807, 2.05) is 36.9 Å². The molecule has 0 radical (unpaired) electrons. The van der Waals surface area contributed by atoms with Crippen LogP contribution < -0.4 is 14.8 Å². The predicted octanol–water partition coefficient (Wildman–Crippen LogP) is 2.93. The summed E-state index contributed by atoms with van der Waals surface area (Å²) < 4.78 is 13.1. The molecule has 2 atom stereocenters. The number of benzene rings is 1. The molecule has 1 fully saturated rings. The number of aliphatic hydroxyl groups is 1. The first kappa shape index (κ1) is 25.3. The molecule has 1 aromatic carbocycles. The highest BCUT2D eigenvalue weighted by Crippen LogP contribution is 2.29. The van der Waals surface area contributed by atoms with Gasteiger partial charge in [-0.2, -0.15) is 0 Å². The van der Waals surface area contributed by atoms with Crippen LogP contribution in [0.1, 0.15) is 31.9 Å². The molecule has 3 rings (SSSR count). The van der Waals surface area contributed by atoms with E-state index in [4.69, 9.17) is 19.6 Å². The van der Waals surface area contributed by atoms with Gasteiger partial charge in [0, 0.05) is 32.0 Å². The van der Waals surface area contributed by atoms with Gasteiger partial charge in [-0.25, -0.2) is 9.98 Å². The van der Waals surface area contributed by atoms with Gasteiger partial charge in [0.2, 0.25) is 0 Å². The van der Waals surface area contributed by atoms with E-state index in [9.17, 15) is 0 Å². The largest absolute Gasteiger partial charge is 0.493 e. The topological polar surface area (TPSA) is 84.1 Å². The number of likely N-dealkylation sites (tertiary alicyclic amines) is 1. The molecule has 1 saturated heterocycles. The first-order valence-corrected chi connectivity index (χ1v) is 10.6. The number of aliphatic hydroxyl groups excluding tert-OH is 1. The SMILES string of the molecule is CCNC(=NCc1ccc(OCCO)c(OC)c1)N1CCC(C)C(n2ccnc2)C1.I. The lowest BCUT2D eigenvalue weighted by Crippen LogP contribution is -2.49. The highest BCUT2D eigenvalue weighted by atomic mass is 127. The molecule has 0 bridgehead atoms. The van der Waals surface area contributed by atoms with Crippen molar-refractivity contribution in [3.8, 4) is 11.5 Å². The van der Waals surface area contributed by atoms with E-state index in [0.717, 1.165) is 37.6 Å². The fourth-order valence-electron chi connectivity index (χ4n) is 3.77. The lowest BCUT2D eigenvalue weighted by Gasteiger charge is -2.39. The van der Waals surface area contributed by atoms with Gasteiger partial charge in [-0.1, -0.05) is 13.0 Å². The number of hydrogen-bond acceptors (Lipinski definition) is 5. The van der Waals surface area contributed by atoms with Gasteiger partial charge in [-0.05, 0) is 37.0 Å². The molecule has 0 aliphatic carbocycles. The second-order valence-electron chi connectivity index (χ2n) is 7.52. The summed E-state index contributed by atoms with van der Waals surface area (Å²) in [7, 11) is 1.61. The molecule has 172 valence electrons. The number of halogens is 1. The summed E-state index contributed by atoms with van der Waals surface area (Å²) >= 11 is 0. The van der Waals surface area contributed by atoms with Crippen molar-refractivity contribution in [3.05, 3.63) is 42.5 Å². The van der Waals surface area contributed by atoms with Gasteiger partial charge in [0.25, 0.3) is 0 Å². The maximum atomic E-state index is 8.96. The molecule has 1 aliphatic rings. The van der Waals surface area contributed by atoms with E-state index in [-0.39, 0.29) is 37.2 Å². The zero-order valence-electron chi connectivity index (χ0n) is 18.5. The van der Waals surface area contributed by atoms with Crippen molar-refractivity contribution in [1.29, 1.82) is 0 Å². The molecule has 1 aliphatic heterocycles. The number of methoxy groups -OCH3 is 1. The van der Waals surface area contributed by atoms with Crippen molar-refractivity contribution in [2.45, 2.75) is 32.9 Å². The van der Waals surface area contributed by atoms with Gasteiger partial charge >= 0.3 is 0 Å². The summed E-state index contributed by atoms with van der Waals surface area (Å²) in [4.78, 5) is 11.4. The molecule has 2 unspecified atom stereocenters. The van der Waals surface area contributed by atoms with Gasteiger partial charge in [0.05, 0.1) is 32.6 Å². The number of nitrogens with zero attached hydrogens (tertiary/aromatic N) is 4. The molecule has 31 heavy (non-hydrogen) atoms. The van der Waals surface area contributed by atoms with Crippen LogP contribution >= 0.6 is 24.0 Å². The fourth-order valence-corrected chi connectivity index (χ4v) is 3.77. The summed E-state index contributed by atoms with van der Waals surface area (Å²) in [5.74, 6) is 2.79. The van der Waals surface area contributed by atoms with Crippen LogP contribution in [0, 0.1) is 5.92 Å². The third kappa shape index (κ3) is 6.73. The molecule has 2 aromatic rings. The maximum absolute atomic E-state index is 8.96. The lowest BCUT2D eigenvalue weighted by atomic mass is 9.93. The lowest BCUT2D eigenvalue weighted by molar-refractivity contribution is 0.189. The third-order valence-electron chi connectivity index (χ3n) is 5.45. The molecular weight excluding hydrogens is 509 g/mol. The van der Waals surface area contributed by atoms with Crippen molar-refractivity contribution in [1.82, 2.24) is 19.8 Å². The Balaban J connectivity index is 0.00000341.